The van der Waals surface area contributed by atoms with Crippen LogP contribution in [0.4, 0.5) is 5.69 Å². The second-order valence-electron chi connectivity index (χ2n) is 5.79. The average Bonchev–Trinajstić information content (AvgIpc) is 2.71. The van der Waals surface area contributed by atoms with Crippen molar-refractivity contribution in [3.63, 3.8) is 0 Å². The van der Waals surface area contributed by atoms with E-state index in [1.807, 2.05) is 0 Å². The van der Waals surface area contributed by atoms with Gasteiger partial charge in [-0.1, -0.05) is 19.1 Å². The van der Waals surface area contributed by atoms with Crippen molar-refractivity contribution in [1.82, 2.24) is 9.97 Å². The maximum atomic E-state index is 11.5. The summed E-state index contributed by atoms with van der Waals surface area (Å²) >= 11 is 0. The van der Waals surface area contributed by atoms with Crippen molar-refractivity contribution in [2.24, 2.45) is 27.2 Å². The Kier molecular flexibility index (Phi) is 7.07. The molecule has 0 saturated heterocycles. The molecule has 0 aliphatic rings. The fourth-order valence-electron chi connectivity index (χ4n) is 2.24. The zero-order chi connectivity index (χ0) is 21.4. The van der Waals surface area contributed by atoms with E-state index in [9.17, 15) is 9.59 Å². The standard InChI is InChI=1S/C18H21N9O2/c1-2-12(14(20)28)26-18(22)27-17(13(19)15(21)29)25-11-6-3-5-10(9-11)16-23-7-4-8-24-16/h3-9,12,19H,2H2,1H3,(H2,20,28)(H2,21,29)(H3,22,25,26,27)/t12-/m1/s1. The molecule has 8 N–H and O–H groups in total. The fraction of sp³-hybridized carbons (Fsp3) is 0.167. The van der Waals surface area contributed by atoms with E-state index in [-0.39, 0.29) is 11.8 Å². The van der Waals surface area contributed by atoms with Crippen molar-refractivity contribution in [2.45, 2.75) is 19.4 Å². The van der Waals surface area contributed by atoms with Gasteiger partial charge in [-0.2, -0.15) is 4.99 Å². The molecule has 1 aromatic carbocycles. The van der Waals surface area contributed by atoms with E-state index in [4.69, 9.17) is 22.6 Å². The Labute approximate surface area is 166 Å². The highest BCUT2D eigenvalue weighted by Crippen LogP contribution is 2.19. The van der Waals surface area contributed by atoms with Gasteiger partial charge in [0.15, 0.2) is 17.4 Å². The van der Waals surface area contributed by atoms with Crippen LogP contribution in [0.2, 0.25) is 0 Å². The van der Waals surface area contributed by atoms with E-state index < -0.39 is 23.6 Å². The number of aliphatic imine (C=N–C) groups is 2. The summed E-state index contributed by atoms with van der Waals surface area (Å²) in [7, 11) is 0. The molecule has 0 aliphatic carbocycles. The van der Waals surface area contributed by atoms with Gasteiger partial charge in [0.1, 0.15) is 6.04 Å². The summed E-state index contributed by atoms with van der Waals surface area (Å²) < 4.78 is 0. The predicted octanol–water partition coefficient (Wildman–Crippen LogP) is 0.0377. The van der Waals surface area contributed by atoms with Crippen LogP contribution in [-0.4, -0.2) is 45.3 Å². The number of nitrogens with zero attached hydrogens (tertiary/aromatic N) is 4. The molecule has 29 heavy (non-hydrogen) atoms. The fourth-order valence-corrected chi connectivity index (χ4v) is 2.24. The molecule has 1 aromatic heterocycles. The first-order chi connectivity index (χ1) is 13.8. The van der Waals surface area contributed by atoms with Crippen LogP contribution in [0.15, 0.2) is 52.7 Å². The van der Waals surface area contributed by atoms with Crippen LogP contribution in [0.3, 0.4) is 0 Å². The first kappa shape index (κ1) is 21.2. The van der Waals surface area contributed by atoms with Crippen molar-refractivity contribution in [2.75, 3.05) is 5.32 Å². The number of aromatic nitrogens is 2. The van der Waals surface area contributed by atoms with Crippen molar-refractivity contribution in [3.05, 3.63) is 42.7 Å². The number of anilines is 1. The van der Waals surface area contributed by atoms with Gasteiger partial charge in [0.2, 0.25) is 11.9 Å². The lowest BCUT2D eigenvalue weighted by Gasteiger charge is -2.11. The predicted molar refractivity (Wildman–Crippen MR) is 110 cm³/mol. The van der Waals surface area contributed by atoms with Gasteiger partial charge in [-0.05, 0) is 24.6 Å². The van der Waals surface area contributed by atoms with Gasteiger partial charge in [0.05, 0.1) is 0 Å². The van der Waals surface area contributed by atoms with Crippen LogP contribution < -0.4 is 22.5 Å². The van der Waals surface area contributed by atoms with Crippen molar-refractivity contribution in [1.29, 1.82) is 5.41 Å². The molecule has 2 rings (SSSR count). The molecule has 2 amide bonds. The van der Waals surface area contributed by atoms with Gasteiger partial charge < -0.3 is 22.5 Å². The maximum Gasteiger partial charge on any atom is 0.270 e. The third kappa shape index (κ3) is 5.92. The van der Waals surface area contributed by atoms with Crippen molar-refractivity contribution >= 4 is 35.0 Å². The van der Waals surface area contributed by atoms with Crippen LogP contribution in [0, 0.1) is 5.41 Å². The number of nitrogens with two attached hydrogens (primary N) is 3. The first-order valence-electron chi connectivity index (χ1n) is 8.56. The normalized spacial score (nSPS) is 12.9. The van der Waals surface area contributed by atoms with Gasteiger partial charge in [0.25, 0.3) is 5.91 Å². The zero-order valence-electron chi connectivity index (χ0n) is 15.7. The minimum Gasteiger partial charge on any atom is -0.368 e. The van der Waals surface area contributed by atoms with Gasteiger partial charge in [-0.3, -0.25) is 15.0 Å². The molecule has 0 unspecified atom stereocenters. The second-order valence-corrected chi connectivity index (χ2v) is 5.79. The smallest absolute Gasteiger partial charge is 0.270 e. The lowest BCUT2D eigenvalue weighted by molar-refractivity contribution is -0.119. The number of guanidine groups is 1. The summed E-state index contributed by atoms with van der Waals surface area (Å²) in [5.41, 5.74) is 16.8. The lowest BCUT2D eigenvalue weighted by Crippen LogP contribution is -2.36. The van der Waals surface area contributed by atoms with Crippen LogP contribution in [0.25, 0.3) is 11.4 Å². The highest BCUT2D eigenvalue weighted by atomic mass is 16.1. The molecule has 0 radical (unpaired) electrons. The topological polar surface area (TPSA) is 199 Å². The summed E-state index contributed by atoms with van der Waals surface area (Å²) in [4.78, 5) is 39.0. The third-order valence-corrected chi connectivity index (χ3v) is 3.66. The molecule has 0 saturated carbocycles. The van der Waals surface area contributed by atoms with E-state index in [0.717, 1.165) is 0 Å². The van der Waals surface area contributed by atoms with E-state index in [0.29, 0.717) is 23.5 Å². The van der Waals surface area contributed by atoms with E-state index in [2.05, 4.69) is 25.3 Å². The summed E-state index contributed by atoms with van der Waals surface area (Å²) in [6.07, 6.45) is 3.54. The van der Waals surface area contributed by atoms with Crippen molar-refractivity contribution < 1.29 is 9.59 Å². The Morgan fingerprint density at radius 2 is 1.86 bits per heavy atom. The minimum absolute atomic E-state index is 0.232. The van der Waals surface area contributed by atoms with Gasteiger partial charge >= 0.3 is 0 Å². The molecular weight excluding hydrogens is 374 g/mol. The molecule has 0 fully saturated rings. The number of hydrogen-bond acceptors (Lipinski definition) is 6. The number of benzene rings is 1. The minimum atomic E-state index is -1.02. The van der Waals surface area contributed by atoms with E-state index >= 15 is 0 Å². The van der Waals surface area contributed by atoms with Crippen LogP contribution in [-0.2, 0) is 9.59 Å². The number of carbonyl (C=O) groups is 2. The molecule has 1 atom stereocenters. The lowest BCUT2D eigenvalue weighted by atomic mass is 10.2. The monoisotopic (exact) mass is 395 g/mol. The molecule has 1 heterocycles. The number of amides is 2. The largest absolute Gasteiger partial charge is 0.368 e. The Balaban J connectivity index is 2.37. The van der Waals surface area contributed by atoms with Gasteiger partial charge in [-0.25, -0.2) is 15.0 Å². The molecule has 0 bridgehead atoms. The SMILES string of the molecule is CC[C@@H](N=C(N)N=C(Nc1cccc(-c2ncccn2)c1)C(=N)C(N)=O)C(N)=O. The summed E-state index contributed by atoms with van der Waals surface area (Å²) in [5.74, 6) is -1.75. The number of carbonyl (C=O) groups excluding carboxylic acids is 2. The summed E-state index contributed by atoms with van der Waals surface area (Å²) in [6.45, 7) is 1.71. The Bertz CT molecular complexity index is 970. The highest BCUT2D eigenvalue weighted by Gasteiger charge is 2.16. The zero-order valence-corrected chi connectivity index (χ0v) is 15.7. The number of nitrogens with one attached hydrogen (secondary N) is 2. The second kappa shape index (κ2) is 9.69. The number of amidine groups is 1. The molecule has 2 aromatic rings. The Morgan fingerprint density at radius 3 is 2.45 bits per heavy atom. The number of primary amides is 2. The van der Waals surface area contributed by atoms with Gasteiger partial charge in [0, 0.05) is 23.6 Å². The number of hydrogen-bond donors (Lipinski definition) is 5. The molecule has 0 aliphatic heterocycles. The molecule has 0 spiro atoms. The van der Waals surface area contributed by atoms with Crippen LogP contribution in [0.1, 0.15) is 13.3 Å². The van der Waals surface area contributed by atoms with Crippen LogP contribution in [0.5, 0.6) is 0 Å². The molecule has 11 heteroatoms. The Morgan fingerprint density at radius 1 is 1.17 bits per heavy atom. The first-order valence-corrected chi connectivity index (χ1v) is 8.56. The molecular formula is C18H21N9O2. The average molecular weight is 395 g/mol. The Hall–Kier alpha value is -4.15. The highest BCUT2D eigenvalue weighted by molar-refractivity contribution is 6.67. The van der Waals surface area contributed by atoms with Gasteiger partial charge in [-0.15, -0.1) is 0 Å². The molecule has 150 valence electrons. The summed E-state index contributed by atoms with van der Waals surface area (Å²) in [5, 5.41) is 10.7. The quantitative estimate of drug-likeness (QED) is 0.323. The molecule has 11 nitrogen and oxygen atoms in total. The van der Waals surface area contributed by atoms with E-state index in [1.54, 1.807) is 49.6 Å². The maximum absolute atomic E-state index is 11.5. The summed E-state index contributed by atoms with van der Waals surface area (Å²) in [6, 6.07) is 7.73. The third-order valence-electron chi connectivity index (χ3n) is 3.66. The van der Waals surface area contributed by atoms with Crippen LogP contribution >= 0.6 is 0 Å². The van der Waals surface area contributed by atoms with E-state index in [1.165, 1.54) is 0 Å². The number of rotatable bonds is 7. The van der Waals surface area contributed by atoms with Crippen molar-refractivity contribution in [3.8, 4) is 11.4 Å².